The third-order valence-corrected chi connectivity index (χ3v) is 6.73. The molecular formula is C22H23FN2O4S. The molecule has 6 nitrogen and oxygen atoms in total. The molecule has 0 spiro atoms. The normalized spacial score (nSPS) is 16.8. The number of amides is 2. The number of likely N-dealkylation sites (tertiary alicyclic amines) is 1. The van der Waals surface area contributed by atoms with Crippen LogP contribution in [0, 0.1) is 11.7 Å². The molecule has 0 atom stereocenters. The number of carbonyl (C=O) groups is 3. The number of hydrogen-bond donors (Lipinski definition) is 0. The van der Waals surface area contributed by atoms with Gasteiger partial charge in [-0.1, -0.05) is 0 Å². The number of halogens is 1. The standard InChI is InChI=1S/C22H23FN2O4S/c23-18-3-1-15(2-4-18)21(27)24-9-5-16(6-10-24)22(28)29-14-20(26)25-11-7-19-17(13-25)8-12-30-19/h1-4,8,12,16H,5-7,9-11,13-14H2. The van der Waals surface area contributed by atoms with Gasteiger partial charge in [0.15, 0.2) is 6.61 Å². The third-order valence-electron chi connectivity index (χ3n) is 5.70. The number of ether oxygens (including phenoxy) is 1. The Bertz CT molecular complexity index is 935. The van der Waals surface area contributed by atoms with Gasteiger partial charge in [-0.2, -0.15) is 0 Å². The second-order valence-corrected chi connectivity index (χ2v) is 8.62. The largest absolute Gasteiger partial charge is 0.455 e. The molecule has 1 fully saturated rings. The van der Waals surface area contributed by atoms with Crippen molar-refractivity contribution in [2.45, 2.75) is 25.8 Å². The summed E-state index contributed by atoms with van der Waals surface area (Å²) < 4.78 is 18.3. The van der Waals surface area contributed by atoms with Gasteiger partial charge < -0.3 is 14.5 Å². The van der Waals surface area contributed by atoms with Crippen LogP contribution in [0.1, 0.15) is 33.6 Å². The summed E-state index contributed by atoms with van der Waals surface area (Å²) in [5.41, 5.74) is 1.60. The first-order valence-corrected chi connectivity index (χ1v) is 10.9. The van der Waals surface area contributed by atoms with Crippen LogP contribution in [0.2, 0.25) is 0 Å². The fourth-order valence-corrected chi connectivity index (χ4v) is 4.79. The van der Waals surface area contributed by atoms with Gasteiger partial charge in [0, 0.05) is 36.6 Å². The molecule has 2 aliphatic heterocycles. The van der Waals surface area contributed by atoms with Gasteiger partial charge >= 0.3 is 5.97 Å². The van der Waals surface area contributed by atoms with Crippen molar-refractivity contribution in [3.8, 4) is 0 Å². The molecule has 2 aromatic rings. The second-order valence-electron chi connectivity index (χ2n) is 7.62. The number of nitrogens with zero attached hydrogens (tertiary/aromatic N) is 2. The van der Waals surface area contributed by atoms with Crippen LogP contribution in [0.3, 0.4) is 0 Å². The Morgan fingerprint density at radius 3 is 2.50 bits per heavy atom. The summed E-state index contributed by atoms with van der Waals surface area (Å²) >= 11 is 1.71. The molecule has 2 aliphatic rings. The average molecular weight is 431 g/mol. The van der Waals surface area contributed by atoms with E-state index in [1.165, 1.54) is 34.7 Å². The van der Waals surface area contributed by atoms with Crippen LogP contribution in [0.25, 0.3) is 0 Å². The molecule has 0 aliphatic carbocycles. The van der Waals surface area contributed by atoms with Crippen molar-refractivity contribution in [2.24, 2.45) is 5.92 Å². The monoisotopic (exact) mass is 430 g/mol. The minimum Gasteiger partial charge on any atom is -0.455 e. The molecule has 2 amide bonds. The maximum Gasteiger partial charge on any atom is 0.309 e. The molecule has 158 valence electrons. The van der Waals surface area contributed by atoms with Crippen LogP contribution in [0.15, 0.2) is 35.7 Å². The average Bonchev–Trinajstić information content (AvgIpc) is 3.25. The van der Waals surface area contributed by atoms with Gasteiger partial charge in [0.25, 0.3) is 11.8 Å². The molecule has 0 unspecified atom stereocenters. The van der Waals surface area contributed by atoms with Gasteiger partial charge in [-0.05, 0) is 60.5 Å². The summed E-state index contributed by atoms with van der Waals surface area (Å²) in [4.78, 5) is 42.0. The molecule has 0 N–H and O–H groups in total. The van der Waals surface area contributed by atoms with E-state index < -0.39 is 0 Å². The van der Waals surface area contributed by atoms with Crippen molar-refractivity contribution in [1.29, 1.82) is 0 Å². The van der Waals surface area contributed by atoms with E-state index in [9.17, 15) is 18.8 Å². The lowest BCUT2D eigenvalue weighted by molar-refractivity contribution is -0.157. The molecule has 4 rings (SSSR count). The Morgan fingerprint density at radius 1 is 1.03 bits per heavy atom. The van der Waals surface area contributed by atoms with Crippen molar-refractivity contribution in [1.82, 2.24) is 9.80 Å². The molecule has 8 heteroatoms. The Balaban J connectivity index is 1.22. The van der Waals surface area contributed by atoms with Crippen LogP contribution < -0.4 is 0 Å². The predicted octanol–water partition coefficient (Wildman–Crippen LogP) is 2.87. The number of thiophene rings is 1. The van der Waals surface area contributed by atoms with Gasteiger partial charge in [0.05, 0.1) is 5.92 Å². The zero-order valence-electron chi connectivity index (χ0n) is 16.5. The minimum absolute atomic E-state index is 0.171. The van der Waals surface area contributed by atoms with Crippen LogP contribution >= 0.6 is 11.3 Å². The van der Waals surface area contributed by atoms with Gasteiger partial charge in [0.2, 0.25) is 0 Å². The van der Waals surface area contributed by atoms with E-state index in [0.717, 1.165) is 6.42 Å². The lowest BCUT2D eigenvalue weighted by atomic mass is 9.96. The summed E-state index contributed by atoms with van der Waals surface area (Å²) in [5.74, 6) is -1.44. The van der Waals surface area contributed by atoms with Crippen molar-refractivity contribution < 1.29 is 23.5 Å². The van der Waals surface area contributed by atoms with Crippen molar-refractivity contribution in [2.75, 3.05) is 26.2 Å². The summed E-state index contributed by atoms with van der Waals surface area (Å²) in [6.45, 7) is 1.83. The van der Waals surface area contributed by atoms with Crippen molar-refractivity contribution >= 4 is 29.1 Å². The van der Waals surface area contributed by atoms with Crippen LogP contribution in [0.4, 0.5) is 4.39 Å². The number of hydrogen-bond acceptors (Lipinski definition) is 5. The van der Waals surface area contributed by atoms with E-state index in [1.54, 1.807) is 21.1 Å². The number of rotatable bonds is 4. The smallest absolute Gasteiger partial charge is 0.309 e. The fourth-order valence-electron chi connectivity index (χ4n) is 3.90. The fraction of sp³-hybridized carbons (Fsp3) is 0.409. The SMILES string of the molecule is O=C(OCC(=O)N1CCc2sccc2C1)C1CCN(C(=O)c2ccc(F)cc2)CC1. The molecular weight excluding hydrogens is 407 g/mol. The lowest BCUT2D eigenvalue weighted by Crippen LogP contribution is -2.42. The summed E-state index contributed by atoms with van der Waals surface area (Å²) in [6, 6.07) is 7.48. The molecule has 1 aromatic carbocycles. The lowest BCUT2D eigenvalue weighted by Gasteiger charge is -2.31. The highest BCUT2D eigenvalue weighted by atomic mass is 32.1. The number of fused-ring (bicyclic) bond motifs is 1. The van der Waals surface area contributed by atoms with Gasteiger partial charge in [-0.25, -0.2) is 4.39 Å². The van der Waals surface area contributed by atoms with E-state index in [1.807, 2.05) is 11.4 Å². The summed E-state index contributed by atoms with van der Waals surface area (Å²) in [6.07, 6.45) is 1.82. The van der Waals surface area contributed by atoms with Gasteiger partial charge in [-0.3, -0.25) is 14.4 Å². The van der Waals surface area contributed by atoms with Crippen molar-refractivity contribution in [3.05, 3.63) is 57.5 Å². The van der Waals surface area contributed by atoms with Gasteiger partial charge in [0.1, 0.15) is 5.82 Å². The highest BCUT2D eigenvalue weighted by Gasteiger charge is 2.30. The Kier molecular flexibility index (Phi) is 6.13. The maximum absolute atomic E-state index is 13.0. The van der Waals surface area contributed by atoms with Crippen LogP contribution in [-0.2, 0) is 27.3 Å². The Hall–Kier alpha value is -2.74. The minimum atomic E-state index is -0.386. The number of esters is 1. The molecule has 1 saturated heterocycles. The van der Waals surface area contributed by atoms with Crippen LogP contribution in [-0.4, -0.2) is 53.8 Å². The van der Waals surface area contributed by atoms with E-state index in [-0.39, 0.29) is 36.1 Å². The first-order valence-electron chi connectivity index (χ1n) is 10.1. The zero-order valence-corrected chi connectivity index (χ0v) is 17.3. The predicted molar refractivity (Wildman–Crippen MR) is 109 cm³/mol. The first-order chi connectivity index (χ1) is 14.5. The van der Waals surface area contributed by atoms with E-state index >= 15 is 0 Å². The first kappa shape index (κ1) is 20.5. The topological polar surface area (TPSA) is 66.9 Å². The molecule has 0 saturated carbocycles. The highest BCUT2D eigenvalue weighted by Crippen LogP contribution is 2.24. The quantitative estimate of drug-likeness (QED) is 0.700. The molecule has 0 bridgehead atoms. The summed E-state index contributed by atoms with van der Waals surface area (Å²) in [5, 5.41) is 2.03. The highest BCUT2D eigenvalue weighted by molar-refractivity contribution is 7.10. The van der Waals surface area contributed by atoms with E-state index in [2.05, 4.69) is 0 Å². The molecule has 1 aromatic heterocycles. The zero-order chi connectivity index (χ0) is 21.1. The second kappa shape index (κ2) is 8.95. The molecule has 0 radical (unpaired) electrons. The van der Waals surface area contributed by atoms with Gasteiger partial charge in [-0.15, -0.1) is 11.3 Å². The number of carbonyl (C=O) groups excluding carboxylic acids is 3. The van der Waals surface area contributed by atoms with E-state index in [4.69, 9.17) is 4.74 Å². The maximum atomic E-state index is 13.0. The van der Waals surface area contributed by atoms with Crippen molar-refractivity contribution in [3.63, 3.8) is 0 Å². The number of piperidine rings is 1. The van der Waals surface area contributed by atoms with Crippen LogP contribution in [0.5, 0.6) is 0 Å². The molecule has 3 heterocycles. The third kappa shape index (κ3) is 4.53. The Morgan fingerprint density at radius 2 is 1.77 bits per heavy atom. The molecule has 30 heavy (non-hydrogen) atoms. The number of benzene rings is 1. The Labute approximate surface area is 178 Å². The van der Waals surface area contributed by atoms with E-state index in [0.29, 0.717) is 44.6 Å². The summed E-state index contributed by atoms with van der Waals surface area (Å²) in [7, 11) is 0.